The first kappa shape index (κ1) is 20.6. The van der Waals surface area contributed by atoms with Crippen LogP contribution in [0.5, 0.6) is 0 Å². The molecule has 1 N–H and O–H groups in total. The van der Waals surface area contributed by atoms with Crippen LogP contribution in [0, 0.1) is 6.92 Å². The minimum Gasteiger partial charge on any atom is -0.282 e. The highest BCUT2D eigenvalue weighted by Crippen LogP contribution is 2.49. The van der Waals surface area contributed by atoms with Gasteiger partial charge in [0.1, 0.15) is 0 Å². The lowest BCUT2D eigenvalue weighted by Gasteiger charge is -2.31. The zero-order chi connectivity index (χ0) is 19.1. The largest absolute Gasteiger partial charge is 0.349 e. The molecule has 3 nitrogen and oxygen atoms in total. The van der Waals surface area contributed by atoms with Gasteiger partial charge in [0.15, 0.2) is 6.17 Å². The Bertz CT molecular complexity index is 704. The number of hydrogen-bond acceptors (Lipinski definition) is 2. The summed E-state index contributed by atoms with van der Waals surface area (Å²) in [5, 5.41) is 0. The van der Waals surface area contributed by atoms with E-state index in [0.29, 0.717) is 18.2 Å². The van der Waals surface area contributed by atoms with Crippen LogP contribution in [0.15, 0.2) is 23.1 Å². The average Bonchev–Trinajstić information content (AvgIpc) is 2.44. The van der Waals surface area contributed by atoms with E-state index in [0.717, 1.165) is 6.92 Å². The molecule has 0 radical (unpaired) electrons. The molecule has 12 heteroatoms. The molecule has 0 bridgehead atoms. The van der Waals surface area contributed by atoms with Gasteiger partial charge in [0.05, 0.1) is 4.90 Å². The predicted octanol–water partition coefficient (Wildman–Crippen LogP) is 4.13. The first-order valence-corrected chi connectivity index (χ1v) is 7.48. The fraction of sp³-hybridized carbons (Fsp3) is 0.500. The van der Waals surface area contributed by atoms with Gasteiger partial charge in [-0.25, -0.2) is 17.6 Å². The number of halogens is 8. The Hall–Kier alpha value is -1.43. The molecule has 0 spiro atoms. The van der Waals surface area contributed by atoms with Crippen molar-refractivity contribution < 1.29 is 48.1 Å². The van der Waals surface area contributed by atoms with E-state index in [1.165, 1.54) is 0 Å². The summed E-state index contributed by atoms with van der Waals surface area (Å²) in [7, 11) is -4.77. The summed E-state index contributed by atoms with van der Waals surface area (Å²) in [6, 6.07) is 1.30. The minimum atomic E-state index is -6.02. The van der Waals surface area contributed by atoms with Crippen LogP contribution in [0.1, 0.15) is 17.3 Å². The van der Waals surface area contributed by atoms with Gasteiger partial charge in [0, 0.05) is 0 Å². The number of benzene rings is 1. The lowest BCUT2D eigenvalue weighted by molar-refractivity contribution is -0.280. The van der Waals surface area contributed by atoms with Gasteiger partial charge in [0.2, 0.25) is 6.17 Å². The van der Waals surface area contributed by atoms with Crippen LogP contribution in [-0.4, -0.2) is 37.4 Å². The standard InChI is InChI=1S/C12H10F8O3S/c1-5-4-6(24(21,22)23)2-3-7(5)8(13)11(17,18)12(19,20)9(14)10(15)16/h2-4,8-10H,1H3,(H,21,22,23). The molecule has 0 saturated heterocycles. The van der Waals surface area contributed by atoms with Gasteiger partial charge in [0.25, 0.3) is 16.5 Å². The minimum absolute atomic E-state index is 0.350. The SMILES string of the molecule is Cc1cc(S(=O)(=O)O)ccc1C(F)C(F)(F)C(F)(F)C(F)C(F)F. The Morgan fingerprint density at radius 2 is 1.50 bits per heavy atom. The van der Waals surface area contributed by atoms with Crippen LogP contribution in [0.3, 0.4) is 0 Å². The van der Waals surface area contributed by atoms with Gasteiger partial charge in [-0.05, 0) is 30.2 Å². The van der Waals surface area contributed by atoms with Crippen molar-refractivity contribution in [2.45, 2.75) is 42.4 Å². The second-order valence-corrected chi connectivity index (χ2v) is 6.26. The lowest BCUT2D eigenvalue weighted by Crippen LogP contribution is -2.53. The second kappa shape index (κ2) is 6.47. The van der Waals surface area contributed by atoms with Crippen molar-refractivity contribution in [2.24, 2.45) is 0 Å². The molecule has 0 aromatic heterocycles. The highest BCUT2D eigenvalue weighted by atomic mass is 32.2. The molecular formula is C12H10F8O3S. The molecule has 138 valence electrons. The third-order valence-electron chi connectivity index (χ3n) is 3.14. The first-order valence-electron chi connectivity index (χ1n) is 6.04. The quantitative estimate of drug-likeness (QED) is 0.591. The Morgan fingerprint density at radius 3 is 1.88 bits per heavy atom. The van der Waals surface area contributed by atoms with Crippen molar-refractivity contribution in [2.75, 3.05) is 0 Å². The number of alkyl halides is 8. The molecule has 0 saturated carbocycles. The third-order valence-corrected chi connectivity index (χ3v) is 3.99. The molecule has 1 aromatic carbocycles. The van der Waals surface area contributed by atoms with E-state index >= 15 is 0 Å². The Kier molecular flexibility index (Phi) is 5.55. The summed E-state index contributed by atoms with van der Waals surface area (Å²) in [6.07, 6.45) is -13.0. The number of aryl methyl sites for hydroxylation is 1. The summed E-state index contributed by atoms with van der Waals surface area (Å²) in [4.78, 5) is -0.832. The monoisotopic (exact) mass is 386 g/mol. The molecule has 24 heavy (non-hydrogen) atoms. The van der Waals surface area contributed by atoms with E-state index in [-0.39, 0.29) is 0 Å². The van der Waals surface area contributed by atoms with Crippen molar-refractivity contribution in [3.63, 3.8) is 0 Å². The molecule has 0 fully saturated rings. The molecule has 2 atom stereocenters. The second-order valence-electron chi connectivity index (χ2n) is 4.84. The summed E-state index contributed by atoms with van der Waals surface area (Å²) in [5.74, 6) is -11.9. The fourth-order valence-electron chi connectivity index (χ4n) is 1.80. The van der Waals surface area contributed by atoms with Crippen molar-refractivity contribution in [1.82, 2.24) is 0 Å². The first-order chi connectivity index (χ1) is 10.6. The maximum atomic E-state index is 13.9. The van der Waals surface area contributed by atoms with E-state index < -0.39 is 56.8 Å². The van der Waals surface area contributed by atoms with E-state index in [2.05, 4.69) is 0 Å². The Balaban J connectivity index is 3.32. The lowest BCUT2D eigenvalue weighted by atomic mass is 9.94. The van der Waals surface area contributed by atoms with Gasteiger partial charge in [-0.15, -0.1) is 0 Å². The van der Waals surface area contributed by atoms with Crippen LogP contribution >= 0.6 is 0 Å². The highest BCUT2D eigenvalue weighted by Gasteiger charge is 2.68. The van der Waals surface area contributed by atoms with Crippen LogP contribution in [0.4, 0.5) is 35.1 Å². The van der Waals surface area contributed by atoms with Crippen LogP contribution in [-0.2, 0) is 10.1 Å². The molecule has 1 rings (SSSR count). The Morgan fingerprint density at radius 1 is 1.00 bits per heavy atom. The zero-order valence-corrected chi connectivity index (χ0v) is 12.5. The Labute approximate surface area is 131 Å². The molecular weight excluding hydrogens is 376 g/mol. The van der Waals surface area contributed by atoms with E-state index in [9.17, 15) is 43.5 Å². The summed E-state index contributed by atoms with van der Waals surface area (Å²) >= 11 is 0. The topological polar surface area (TPSA) is 54.4 Å². The van der Waals surface area contributed by atoms with Crippen molar-refractivity contribution in [3.8, 4) is 0 Å². The van der Waals surface area contributed by atoms with E-state index in [1.54, 1.807) is 0 Å². The third kappa shape index (κ3) is 3.63. The summed E-state index contributed by atoms with van der Waals surface area (Å²) in [5.41, 5.74) is -1.77. The molecule has 0 aliphatic heterocycles. The molecule has 2 unspecified atom stereocenters. The van der Waals surface area contributed by atoms with Gasteiger partial charge in [-0.1, -0.05) is 6.07 Å². The normalized spacial score (nSPS) is 16.3. The van der Waals surface area contributed by atoms with Crippen LogP contribution < -0.4 is 0 Å². The molecule has 0 aliphatic rings. The molecule has 0 amide bonds. The molecule has 0 aliphatic carbocycles. The number of rotatable bonds is 6. The van der Waals surface area contributed by atoms with Gasteiger partial charge in [-0.2, -0.15) is 26.0 Å². The van der Waals surface area contributed by atoms with E-state index in [1.807, 2.05) is 0 Å². The van der Waals surface area contributed by atoms with Gasteiger partial charge in [-0.3, -0.25) is 4.55 Å². The van der Waals surface area contributed by atoms with Crippen molar-refractivity contribution in [1.29, 1.82) is 0 Å². The van der Waals surface area contributed by atoms with Gasteiger partial charge >= 0.3 is 11.8 Å². The fourth-order valence-corrected chi connectivity index (χ4v) is 2.37. The van der Waals surface area contributed by atoms with Crippen LogP contribution in [0.2, 0.25) is 0 Å². The smallest absolute Gasteiger partial charge is 0.282 e. The highest BCUT2D eigenvalue weighted by molar-refractivity contribution is 7.85. The summed E-state index contributed by atoms with van der Waals surface area (Å²) < 4.78 is 134. The maximum Gasteiger partial charge on any atom is 0.349 e. The molecule has 0 heterocycles. The average molecular weight is 386 g/mol. The molecule has 1 aromatic rings. The van der Waals surface area contributed by atoms with E-state index in [4.69, 9.17) is 4.55 Å². The maximum absolute atomic E-state index is 13.9. The predicted molar refractivity (Wildman–Crippen MR) is 65.6 cm³/mol. The zero-order valence-electron chi connectivity index (χ0n) is 11.7. The number of hydrogen-bond donors (Lipinski definition) is 1. The van der Waals surface area contributed by atoms with Crippen LogP contribution in [0.25, 0.3) is 0 Å². The van der Waals surface area contributed by atoms with Crippen molar-refractivity contribution >= 4 is 10.1 Å². The van der Waals surface area contributed by atoms with Crippen molar-refractivity contribution in [3.05, 3.63) is 29.3 Å². The summed E-state index contributed by atoms with van der Waals surface area (Å²) in [6.45, 7) is 0.852. The van der Waals surface area contributed by atoms with Gasteiger partial charge < -0.3 is 0 Å².